The molecule has 2 N–H and O–H groups in total. The molecule has 0 aromatic heterocycles. The first-order chi connectivity index (χ1) is 12.2. The van der Waals surface area contributed by atoms with Gasteiger partial charge >= 0.3 is 0 Å². The van der Waals surface area contributed by atoms with Gasteiger partial charge in [-0.3, -0.25) is 4.99 Å². The molecule has 6 heteroatoms. The maximum atomic E-state index is 5.40. The summed E-state index contributed by atoms with van der Waals surface area (Å²) in [5, 5.41) is 6.81. The maximum Gasteiger partial charge on any atom is 0.191 e. The number of rotatable bonds is 8. The third-order valence-electron chi connectivity index (χ3n) is 4.85. The highest BCUT2D eigenvalue weighted by Crippen LogP contribution is 2.19. The molecular formula is C20H35IN4O. The smallest absolute Gasteiger partial charge is 0.191 e. The van der Waals surface area contributed by atoms with Gasteiger partial charge in [-0.2, -0.15) is 0 Å². The quantitative estimate of drug-likeness (QED) is 0.346. The van der Waals surface area contributed by atoms with E-state index in [1.807, 2.05) is 0 Å². The summed E-state index contributed by atoms with van der Waals surface area (Å²) in [6, 6.07) is 6.41. The van der Waals surface area contributed by atoms with Crippen molar-refractivity contribution in [2.24, 2.45) is 10.9 Å². The molecule has 1 fully saturated rings. The Morgan fingerprint density at radius 1 is 1.31 bits per heavy atom. The second-order valence-electron chi connectivity index (χ2n) is 6.75. The molecule has 0 bridgehead atoms. The van der Waals surface area contributed by atoms with E-state index in [1.54, 1.807) is 7.11 Å². The Labute approximate surface area is 176 Å². The Morgan fingerprint density at radius 3 is 2.77 bits per heavy atom. The number of aliphatic imine (C=N–C) groups is 1. The zero-order chi connectivity index (χ0) is 18.1. The fraction of sp³-hybridized carbons (Fsp3) is 0.650. The fourth-order valence-electron chi connectivity index (χ4n) is 3.26. The van der Waals surface area contributed by atoms with E-state index in [4.69, 9.17) is 9.73 Å². The summed E-state index contributed by atoms with van der Waals surface area (Å²) < 4.78 is 5.40. The molecular weight excluding hydrogens is 439 g/mol. The van der Waals surface area contributed by atoms with Crippen LogP contribution in [-0.2, 0) is 6.42 Å². The molecule has 0 saturated carbocycles. The van der Waals surface area contributed by atoms with Gasteiger partial charge in [0.15, 0.2) is 5.96 Å². The maximum absolute atomic E-state index is 5.40. The van der Waals surface area contributed by atoms with E-state index in [0.29, 0.717) is 5.92 Å². The van der Waals surface area contributed by atoms with Gasteiger partial charge in [0.2, 0.25) is 0 Å². The lowest BCUT2D eigenvalue weighted by Crippen LogP contribution is -2.38. The highest BCUT2D eigenvalue weighted by molar-refractivity contribution is 14.0. The number of nitrogens with zero attached hydrogens (tertiary/aromatic N) is 2. The van der Waals surface area contributed by atoms with Crippen LogP contribution in [0.4, 0.5) is 0 Å². The molecule has 1 unspecified atom stereocenters. The van der Waals surface area contributed by atoms with Crippen molar-refractivity contribution in [3.63, 3.8) is 0 Å². The summed E-state index contributed by atoms with van der Waals surface area (Å²) in [5.41, 5.74) is 2.45. The van der Waals surface area contributed by atoms with Gasteiger partial charge in [-0.15, -0.1) is 24.0 Å². The fourth-order valence-corrected chi connectivity index (χ4v) is 3.26. The van der Waals surface area contributed by atoms with Crippen molar-refractivity contribution in [1.82, 2.24) is 15.5 Å². The summed E-state index contributed by atoms with van der Waals surface area (Å²) in [4.78, 5) is 7.29. The molecule has 0 amide bonds. The normalized spacial score (nSPS) is 17.7. The third kappa shape index (κ3) is 7.31. The Balaban J connectivity index is 0.00000338. The van der Waals surface area contributed by atoms with Crippen molar-refractivity contribution < 1.29 is 4.74 Å². The van der Waals surface area contributed by atoms with Crippen molar-refractivity contribution >= 4 is 29.9 Å². The van der Waals surface area contributed by atoms with E-state index in [0.717, 1.165) is 44.3 Å². The van der Waals surface area contributed by atoms with Crippen LogP contribution < -0.4 is 15.4 Å². The minimum Gasteiger partial charge on any atom is -0.496 e. The summed E-state index contributed by atoms with van der Waals surface area (Å²) >= 11 is 0. The topological polar surface area (TPSA) is 48.9 Å². The summed E-state index contributed by atoms with van der Waals surface area (Å²) in [7, 11) is 1.73. The summed E-state index contributed by atoms with van der Waals surface area (Å²) in [6.45, 7) is 12.6. The largest absolute Gasteiger partial charge is 0.496 e. The van der Waals surface area contributed by atoms with Crippen molar-refractivity contribution in [3.8, 4) is 5.75 Å². The molecule has 1 aliphatic rings. The van der Waals surface area contributed by atoms with Crippen LogP contribution in [0.15, 0.2) is 23.2 Å². The number of benzene rings is 1. The van der Waals surface area contributed by atoms with E-state index >= 15 is 0 Å². The molecule has 148 valence electrons. The van der Waals surface area contributed by atoms with Gasteiger partial charge < -0.3 is 20.3 Å². The lowest BCUT2D eigenvalue weighted by Gasteiger charge is -2.14. The van der Waals surface area contributed by atoms with Crippen molar-refractivity contribution in [1.29, 1.82) is 0 Å². The number of guanidine groups is 1. The molecule has 2 rings (SSSR count). The molecule has 1 heterocycles. The summed E-state index contributed by atoms with van der Waals surface area (Å²) in [6.07, 6.45) is 2.22. The molecule has 1 aromatic rings. The second kappa shape index (κ2) is 12.4. The number of hydrogen-bond acceptors (Lipinski definition) is 3. The third-order valence-corrected chi connectivity index (χ3v) is 4.85. The second-order valence-corrected chi connectivity index (χ2v) is 6.75. The number of ether oxygens (including phenoxy) is 1. The van der Waals surface area contributed by atoms with Gasteiger partial charge in [-0.1, -0.05) is 19.1 Å². The van der Waals surface area contributed by atoms with Crippen LogP contribution in [0.25, 0.3) is 0 Å². The predicted molar refractivity (Wildman–Crippen MR) is 121 cm³/mol. The average molecular weight is 474 g/mol. The Hall–Kier alpha value is -1.02. The molecule has 0 aliphatic carbocycles. The molecule has 26 heavy (non-hydrogen) atoms. The van der Waals surface area contributed by atoms with E-state index in [2.05, 4.69) is 54.5 Å². The van der Waals surface area contributed by atoms with Gasteiger partial charge in [0.1, 0.15) is 5.75 Å². The Morgan fingerprint density at radius 2 is 2.12 bits per heavy atom. The number of halogens is 1. The molecule has 1 atom stereocenters. The molecule has 0 radical (unpaired) electrons. The van der Waals surface area contributed by atoms with Crippen LogP contribution in [0.1, 0.15) is 31.4 Å². The first-order valence-corrected chi connectivity index (χ1v) is 9.54. The van der Waals surface area contributed by atoms with Crippen LogP contribution in [-0.4, -0.2) is 57.2 Å². The minimum absolute atomic E-state index is 0. The Kier molecular flexibility index (Phi) is 11.0. The number of methoxy groups -OCH3 is 1. The van der Waals surface area contributed by atoms with Gasteiger partial charge in [0, 0.05) is 26.2 Å². The standard InChI is InChI=1S/C20H34N4O.HI/c1-5-21-20(23-14-18-10-12-24(6-2)15-18)22-11-9-17-8-7-16(3)19(13-17)25-4;/h7-8,13,18H,5-6,9-12,14-15H2,1-4H3,(H2,21,22,23);1H. The Bertz CT molecular complexity index is 565. The van der Waals surface area contributed by atoms with Crippen LogP contribution in [0, 0.1) is 12.8 Å². The minimum atomic E-state index is 0. The number of hydrogen-bond donors (Lipinski definition) is 2. The van der Waals surface area contributed by atoms with Crippen molar-refractivity contribution in [2.45, 2.75) is 33.6 Å². The number of aryl methyl sites for hydroxylation is 1. The van der Waals surface area contributed by atoms with Crippen LogP contribution in [0.5, 0.6) is 5.75 Å². The van der Waals surface area contributed by atoms with Crippen LogP contribution in [0.3, 0.4) is 0 Å². The monoisotopic (exact) mass is 474 g/mol. The van der Waals surface area contributed by atoms with E-state index in [1.165, 1.54) is 30.6 Å². The van der Waals surface area contributed by atoms with E-state index < -0.39 is 0 Å². The first kappa shape index (κ1) is 23.0. The lowest BCUT2D eigenvalue weighted by molar-refractivity contribution is 0.343. The lowest BCUT2D eigenvalue weighted by atomic mass is 10.1. The molecule has 1 aromatic carbocycles. The van der Waals surface area contributed by atoms with Crippen molar-refractivity contribution in [3.05, 3.63) is 29.3 Å². The van der Waals surface area contributed by atoms with Crippen LogP contribution >= 0.6 is 24.0 Å². The van der Waals surface area contributed by atoms with E-state index in [-0.39, 0.29) is 24.0 Å². The predicted octanol–water partition coefficient (Wildman–Crippen LogP) is 3.06. The van der Waals surface area contributed by atoms with Gasteiger partial charge in [-0.05, 0) is 62.9 Å². The molecule has 5 nitrogen and oxygen atoms in total. The van der Waals surface area contributed by atoms with Gasteiger partial charge in [0.25, 0.3) is 0 Å². The number of likely N-dealkylation sites (tertiary alicyclic amines) is 1. The molecule has 1 saturated heterocycles. The highest BCUT2D eigenvalue weighted by Gasteiger charge is 2.20. The van der Waals surface area contributed by atoms with Gasteiger partial charge in [0.05, 0.1) is 7.11 Å². The average Bonchev–Trinajstić information content (AvgIpc) is 3.09. The zero-order valence-electron chi connectivity index (χ0n) is 16.7. The number of nitrogens with one attached hydrogen (secondary N) is 2. The molecule has 0 spiro atoms. The molecule has 1 aliphatic heterocycles. The van der Waals surface area contributed by atoms with Gasteiger partial charge in [-0.25, -0.2) is 0 Å². The SMILES string of the molecule is CCNC(=NCC1CCN(CC)C1)NCCc1ccc(C)c(OC)c1.I. The summed E-state index contributed by atoms with van der Waals surface area (Å²) in [5.74, 6) is 2.58. The zero-order valence-corrected chi connectivity index (χ0v) is 19.0. The van der Waals surface area contributed by atoms with Crippen molar-refractivity contribution in [2.75, 3.05) is 46.4 Å². The van der Waals surface area contributed by atoms with Crippen LogP contribution in [0.2, 0.25) is 0 Å². The highest BCUT2D eigenvalue weighted by atomic mass is 127. The van der Waals surface area contributed by atoms with E-state index in [9.17, 15) is 0 Å². The first-order valence-electron chi connectivity index (χ1n) is 9.54.